The molecular formula is C12H24OSi. The molecule has 0 aliphatic carbocycles. The van der Waals surface area contributed by atoms with E-state index in [1.165, 1.54) is 38.1 Å². The highest BCUT2D eigenvalue weighted by molar-refractivity contribution is 6.71. The first-order valence-electron chi connectivity index (χ1n) is 5.98. The maximum absolute atomic E-state index is 6.11. The van der Waals surface area contributed by atoms with Crippen molar-refractivity contribution in [2.45, 2.75) is 64.3 Å². The van der Waals surface area contributed by atoms with Gasteiger partial charge in [-0.2, -0.15) is 0 Å². The van der Waals surface area contributed by atoms with E-state index in [1.54, 1.807) is 0 Å². The van der Waals surface area contributed by atoms with E-state index in [0.717, 1.165) is 0 Å². The Morgan fingerprint density at radius 2 is 2.21 bits per heavy atom. The molecule has 1 atom stereocenters. The topological polar surface area (TPSA) is 9.23 Å². The van der Waals surface area contributed by atoms with Gasteiger partial charge >= 0.3 is 0 Å². The average molecular weight is 212 g/mol. The molecule has 1 aliphatic rings. The summed E-state index contributed by atoms with van der Waals surface area (Å²) in [5, 5.41) is 0. The van der Waals surface area contributed by atoms with E-state index in [1.807, 2.05) is 0 Å². The van der Waals surface area contributed by atoms with Crippen LogP contribution in [-0.4, -0.2) is 14.4 Å². The van der Waals surface area contributed by atoms with Crippen LogP contribution < -0.4 is 0 Å². The van der Waals surface area contributed by atoms with E-state index in [4.69, 9.17) is 4.43 Å². The van der Waals surface area contributed by atoms with Crippen molar-refractivity contribution in [1.29, 1.82) is 0 Å². The minimum atomic E-state index is -1.27. The minimum Gasteiger partial charge on any atom is -0.411 e. The van der Waals surface area contributed by atoms with Crippen molar-refractivity contribution >= 4 is 8.32 Å². The van der Waals surface area contributed by atoms with Gasteiger partial charge in [0.15, 0.2) is 8.32 Å². The van der Waals surface area contributed by atoms with E-state index in [2.05, 4.69) is 32.2 Å². The Hall–Kier alpha value is -0.0831. The number of allylic oxidation sites excluding steroid dienone is 1. The molecule has 0 aromatic carbocycles. The lowest BCUT2D eigenvalue weighted by molar-refractivity contribution is 0.205. The van der Waals surface area contributed by atoms with Crippen molar-refractivity contribution in [3.63, 3.8) is 0 Å². The summed E-state index contributed by atoms with van der Waals surface area (Å²) < 4.78 is 6.11. The van der Waals surface area contributed by atoms with Crippen molar-refractivity contribution in [2.75, 3.05) is 0 Å². The highest BCUT2D eigenvalue weighted by atomic mass is 28.4. The first-order valence-corrected chi connectivity index (χ1v) is 9.10. The predicted molar refractivity (Wildman–Crippen MR) is 65.1 cm³/mol. The lowest BCUT2D eigenvalue weighted by Crippen LogP contribution is -2.38. The predicted octanol–water partition coefficient (Wildman–Crippen LogP) is 4.12. The normalized spacial score (nSPS) is 26.9. The van der Waals surface area contributed by atoms with Crippen molar-refractivity contribution in [3.05, 3.63) is 12.2 Å². The fourth-order valence-corrected chi connectivity index (χ4v) is 4.15. The summed E-state index contributed by atoms with van der Waals surface area (Å²) in [6, 6.07) is 1.34. The summed E-state index contributed by atoms with van der Waals surface area (Å²) in [5.74, 6) is 0. The molecule has 0 aromatic heterocycles. The minimum absolute atomic E-state index is 0.433. The maximum atomic E-state index is 6.11. The molecule has 1 unspecified atom stereocenters. The van der Waals surface area contributed by atoms with Crippen LogP contribution in [0.4, 0.5) is 0 Å². The SMILES string of the molecule is CCCCC=CC1CCC[Si](C)(C)O1. The fourth-order valence-electron chi connectivity index (χ4n) is 1.96. The fraction of sp³-hybridized carbons (Fsp3) is 0.833. The van der Waals surface area contributed by atoms with Crippen LogP contribution in [0.5, 0.6) is 0 Å². The Bertz CT molecular complexity index is 187. The summed E-state index contributed by atoms with van der Waals surface area (Å²) in [5.41, 5.74) is 0. The summed E-state index contributed by atoms with van der Waals surface area (Å²) in [6.07, 6.45) is 11.5. The van der Waals surface area contributed by atoms with Gasteiger partial charge in [0, 0.05) is 0 Å². The van der Waals surface area contributed by atoms with Crippen molar-refractivity contribution in [3.8, 4) is 0 Å². The summed E-state index contributed by atoms with van der Waals surface area (Å²) >= 11 is 0. The van der Waals surface area contributed by atoms with E-state index in [0.29, 0.717) is 6.10 Å². The molecule has 1 nitrogen and oxygen atoms in total. The van der Waals surface area contributed by atoms with Gasteiger partial charge in [-0.05, 0) is 32.0 Å². The number of rotatable bonds is 4. The lowest BCUT2D eigenvalue weighted by atomic mass is 10.1. The van der Waals surface area contributed by atoms with E-state index >= 15 is 0 Å². The second kappa shape index (κ2) is 5.71. The molecule has 0 aromatic rings. The van der Waals surface area contributed by atoms with Gasteiger partial charge < -0.3 is 4.43 Å². The number of hydrogen-bond acceptors (Lipinski definition) is 1. The number of unbranched alkanes of at least 4 members (excludes halogenated alkanes) is 2. The smallest absolute Gasteiger partial charge is 0.187 e. The molecule has 1 fully saturated rings. The van der Waals surface area contributed by atoms with Gasteiger partial charge in [0.05, 0.1) is 6.10 Å². The molecular weight excluding hydrogens is 188 g/mol. The van der Waals surface area contributed by atoms with Crippen LogP contribution in [0.25, 0.3) is 0 Å². The van der Waals surface area contributed by atoms with Gasteiger partial charge in [-0.1, -0.05) is 38.3 Å². The van der Waals surface area contributed by atoms with E-state index in [-0.39, 0.29) is 0 Å². The van der Waals surface area contributed by atoms with Gasteiger partial charge in [0.2, 0.25) is 0 Å². The lowest BCUT2D eigenvalue weighted by Gasteiger charge is -2.33. The monoisotopic (exact) mass is 212 g/mol. The molecule has 1 rings (SSSR count). The third-order valence-electron chi connectivity index (χ3n) is 2.81. The Kier molecular flexibility index (Phi) is 4.89. The highest BCUT2D eigenvalue weighted by Crippen LogP contribution is 2.26. The van der Waals surface area contributed by atoms with Crippen LogP contribution in [0, 0.1) is 0 Å². The third kappa shape index (κ3) is 4.42. The van der Waals surface area contributed by atoms with Gasteiger partial charge in [-0.3, -0.25) is 0 Å². The van der Waals surface area contributed by atoms with Gasteiger partial charge in [-0.25, -0.2) is 0 Å². The van der Waals surface area contributed by atoms with E-state index < -0.39 is 8.32 Å². The van der Waals surface area contributed by atoms with Crippen molar-refractivity contribution in [1.82, 2.24) is 0 Å². The van der Waals surface area contributed by atoms with Gasteiger partial charge in [0.1, 0.15) is 0 Å². The molecule has 0 N–H and O–H groups in total. The Morgan fingerprint density at radius 3 is 2.86 bits per heavy atom. The van der Waals surface area contributed by atoms with Crippen molar-refractivity contribution in [2.24, 2.45) is 0 Å². The molecule has 1 heterocycles. The summed E-state index contributed by atoms with van der Waals surface area (Å²) in [6.45, 7) is 6.90. The molecule has 82 valence electrons. The second-order valence-electron chi connectivity index (χ2n) is 4.88. The van der Waals surface area contributed by atoms with E-state index in [9.17, 15) is 0 Å². The average Bonchev–Trinajstić information content (AvgIpc) is 2.11. The van der Waals surface area contributed by atoms with Gasteiger partial charge in [-0.15, -0.1) is 0 Å². The zero-order chi connectivity index (χ0) is 10.4. The molecule has 0 spiro atoms. The molecule has 0 saturated carbocycles. The largest absolute Gasteiger partial charge is 0.411 e. The number of hydrogen-bond donors (Lipinski definition) is 0. The Balaban J connectivity index is 2.27. The zero-order valence-electron chi connectivity index (χ0n) is 9.88. The molecule has 0 amide bonds. The van der Waals surface area contributed by atoms with Crippen LogP contribution in [0.3, 0.4) is 0 Å². The molecule has 1 saturated heterocycles. The standard InChI is InChI=1S/C12H24OSi/c1-4-5-6-7-9-12-10-8-11-14(2,3)13-12/h7,9,12H,4-6,8,10-11H2,1-3H3. The summed E-state index contributed by atoms with van der Waals surface area (Å²) in [4.78, 5) is 0. The first kappa shape index (κ1) is 12.0. The van der Waals surface area contributed by atoms with Crippen LogP contribution in [0.1, 0.15) is 39.0 Å². The second-order valence-corrected chi connectivity index (χ2v) is 9.13. The quantitative estimate of drug-likeness (QED) is 0.387. The summed E-state index contributed by atoms with van der Waals surface area (Å²) in [7, 11) is -1.27. The van der Waals surface area contributed by atoms with Crippen LogP contribution in [-0.2, 0) is 4.43 Å². The maximum Gasteiger partial charge on any atom is 0.187 e. The third-order valence-corrected chi connectivity index (χ3v) is 5.31. The molecule has 0 radical (unpaired) electrons. The molecule has 0 bridgehead atoms. The highest BCUT2D eigenvalue weighted by Gasteiger charge is 2.29. The molecule has 14 heavy (non-hydrogen) atoms. The zero-order valence-corrected chi connectivity index (χ0v) is 10.9. The Morgan fingerprint density at radius 1 is 1.43 bits per heavy atom. The van der Waals surface area contributed by atoms with Crippen molar-refractivity contribution < 1.29 is 4.43 Å². The van der Waals surface area contributed by atoms with Gasteiger partial charge in [0.25, 0.3) is 0 Å². The Labute approximate surface area is 89.7 Å². The van der Waals surface area contributed by atoms with Crippen LogP contribution >= 0.6 is 0 Å². The van der Waals surface area contributed by atoms with Crippen LogP contribution in [0.2, 0.25) is 19.1 Å². The van der Waals surface area contributed by atoms with Crippen LogP contribution in [0.15, 0.2) is 12.2 Å². The first-order chi connectivity index (χ1) is 6.64. The molecule has 1 aliphatic heterocycles. The molecule has 2 heteroatoms.